The van der Waals surface area contributed by atoms with Crippen LogP contribution in [0, 0.1) is 0 Å². The molecule has 0 unspecified atom stereocenters. The normalized spacial score (nSPS) is 11.3. The van der Waals surface area contributed by atoms with Gasteiger partial charge in [-0.3, -0.25) is 4.79 Å². The number of phenolic OH excluding ortho intramolecular Hbond substituents is 1. The van der Waals surface area contributed by atoms with Crippen LogP contribution in [0.1, 0.15) is 23.7 Å². The van der Waals surface area contributed by atoms with Crippen molar-refractivity contribution in [1.29, 1.82) is 0 Å². The molecule has 1 aromatic carbocycles. The summed E-state index contributed by atoms with van der Waals surface area (Å²) in [6.07, 6.45) is 0.590. The van der Waals surface area contributed by atoms with Crippen molar-refractivity contribution in [2.24, 2.45) is 0 Å². The monoisotopic (exact) mass is 309 g/mol. The number of hydrogen-bond acceptors (Lipinski definition) is 2. The van der Waals surface area contributed by atoms with Crippen LogP contribution in [0.4, 0.5) is 0 Å². The molecule has 0 atom stereocenters. The number of amides is 1. The highest BCUT2D eigenvalue weighted by Gasteiger charge is 2.29. The van der Waals surface area contributed by atoms with Gasteiger partial charge < -0.3 is 10.4 Å². The zero-order chi connectivity index (χ0) is 13.8. The Morgan fingerprint density at radius 1 is 1.39 bits per heavy atom. The first kappa shape index (κ1) is 15.4. The largest absolute Gasteiger partial charge is 0.507 e. The molecule has 6 heteroatoms. The zero-order valence-corrected chi connectivity index (χ0v) is 12.1. The van der Waals surface area contributed by atoms with Crippen molar-refractivity contribution in [2.75, 3.05) is 11.8 Å². The molecule has 3 nitrogen and oxygen atoms in total. The molecule has 1 aromatic rings. The van der Waals surface area contributed by atoms with E-state index in [9.17, 15) is 9.90 Å². The maximum Gasteiger partial charge on any atom is 0.255 e. The molecule has 100 valence electrons. The Morgan fingerprint density at radius 2 is 2.00 bits per heavy atom. The second-order valence-corrected chi connectivity index (χ2v) is 4.99. The van der Waals surface area contributed by atoms with E-state index < -0.39 is 11.4 Å². The summed E-state index contributed by atoms with van der Waals surface area (Å²) >= 11 is 17.5. The van der Waals surface area contributed by atoms with Crippen LogP contribution in [0.2, 0.25) is 5.02 Å². The molecular formula is C12H14Cl3NO2. The van der Waals surface area contributed by atoms with Gasteiger partial charge in [0.05, 0.1) is 11.1 Å². The number of carbonyl (C=O) groups excluding carboxylic acids is 1. The van der Waals surface area contributed by atoms with E-state index in [4.69, 9.17) is 34.8 Å². The van der Waals surface area contributed by atoms with Crippen LogP contribution in [0.3, 0.4) is 0 Å². The van der Waals surface area contributed by atoms with E-state index in [0.717, 1.165) is 0 Å². The summed E-state index contributed by atoms with van der Waals surface area (Å²) in [6.45, 7) is 1.88. The Kier molecular flexibility index (Phi) is 5.57. The molecule has 0 saturated heterocycles. The summed E-state index contributed by atoms with van der Waals surface area (Å²) in [5.74, 6) is -0.190. The molecule has 0 fully saturated rings. The van der Waals surface area contributed by atoms with Crippen LogP contribution in [0.25, 0.3) is 0 Å². The number of carbonyl (C=O) groups is 1. The summed E-state index contributed by atoms with van der Waals surface area (Å²) in [6, 6.07) is 4.27. The molecular weight excluding hydrogens is 296 g/mol. The maximum absolute atomic E-state index is 12.1. The molecule has 0 saturated carbocycles. The fourth-order valence-electron chi connectivity index (χ4n) is 1.38. The summed E-state index contributed by atoms with van der Waals surface area (Å²) in [5, 5.41) is 12.7. The lowest BCUT2D eigenvalue weighted by Gasteiger charge is -2.29. The second-order valence-electron chi connectivity index (χ2n) is 4.02. The van der Waals surface area contributed by atoms with Crippen LogP contribution in [-0.4, -0.2) is 28.3 Å². The number of nitrogens with one attached hydrogen (secondary N) is 1. The van der Waals surface area contributed by atoms with E-state index in [-0.39, 0.29) is 23.1 Å². The number of benzene rings is 1. The minimum absolute atomic E-state index is 0.107. The lowest BCUT2D eigenvalue weighted by Crippen LogP contribution is -2.51. The Bertz CT molecular complexity index is 425. The molecule has 1 rings (SSSR count). The van der Waals surface area contributed by atoms with Crippen molar-refractivity contribution < 1.29 is 9.90 Å². The third kappa shape index (κ3) is 3.44. The fourth-order valence-corrected chi connectivity index (χ4v) is 2.35. The van der Waals surface area contributed by atoms with Crippen molar-refractivity contribution in [3.63, 3.8) is 0 Å². The lowest BCUT2D eigenvalue weighted by atomic mass is 10.0. The molecule has 0 bridgehead atoms. The Balaban J connectivity index is 2.97. The van der Waals surface area contributed by atoms with Crippen LogP contribution >= 0.6 is 34.8 Å². The SMILES string of the molecule is CCC(CCl)(CCl)NC(=O)c1cc(Cl)ccc1O. The van der Waals surface area contributed by atoms with Crippen LogP contribution < -0.4 is 5.32 Å². The van der Waals surface area contributed by atoms with Crippen LogP contribution in [0.15, 0.2) is 18.2 Å². The number of rotatable bonds is 5. The molecule has 1 amide bonds. The van der Waals surface area contributed by atoms with Gasteiger partial charge in [0.25, 0.3) is 5.91 Å². The predicted molar refractivity (Wildman–Crippen MR) is 75.0 cm³/mol. The number of halogens is 3. The van der Waals surface area contributed by atoms with Gasteiger partial charge in [-0.1, -0.05) is 18.5 Å². The van der Waals surface area contributed by atoms with Crippen LogP contribution in [-0.2, 0) is 0 Å². The quantitative estimate of drug-likeness (QED) is 0.819. The highest BCUT2D eigenvalue weighted by atomic mass is 35.5. The van der Waals surface area contributed by atoms with Gasteiger partial charge in [-0.2, -0.15) is 0 Å². The summed E-state index contributed by atoms with van der Waals surface area (Å²) < 4.78 is 0. The minimum Gasteiger partial charge on any atom is -0.507 e. The van der Waals surface area contributed by atoms with Gasteiger partial charge >= 0.3 is 0 Å². The van der Waals surface area contributed by atoms with E-state index in [0.29, 0.717) is 11.4 Å². The van der Waals surface area contributed by atoms with Gasteiger partial charge in [0.2, 0.25) is 0 Å². The third-order valence-electron chi connectivity index (χ3n) is 2.77. The van der Waals surface area contributed by atoms with Gasteiger partial charge in [0.15, 0.2) is 0 Å². The first-order valence-electron chi connectivity index (χ1n) is 5.41. The molecule has 0 aromatic heterocycles. The van der Waals surface area contributed by atoms with Gasteiger partial charge in [-0.15, -0.1) is 23.2 Å². The van der Waals surface area contributed by atoms with Crippen molar-refractivity contribution in [2.45, 2.75) is 18.9 Å². The van der Waals surface area contributed by atoms with Gasteiger partial charge in [0.1, 0.15) is 5.75 Å². The average Bonchev–Trinajstić information content (AvgIpc) is 2.38. The predicted octanol–water partition coefficient (Wildman–Crippen LogP) is 3.40. The summed E-state index contributed by atoms with van der Waals surface area (Å²) in [4.78, 5) is 12.1. The number of phenols is 1. The molecule has 0 aliphatic heterocycles. The first-order chi connectivity index (χ1) is 8.48. The molecule has 0 aliphatic carbocycles. The second kappa shape index (κ2) is 6.50. The van der Waals surface area contributed by atoms with Gasteiger partial charge in [-0.05, 0) is 24.6 Å². The maximum atomic E-state index is 12.1. The van der Waals surface area contributed by atoms with Crippen molar-refractivity contribution in [1.82, 2.24) is 5.32 Å². The minimum atomic E-state index is -0.686. The van der Waals surface area contributed by atoms with Gasteiger partial charge in [0, 0.05) is 16.8 Å². The fraction of sp³-hybridized carbons (Fsp3) is 0.417. The van der Waals surface area contributed by atoms with E-state index in [2.05, 4.69) is 5.32 Å². The Hall–Kier alpha value is -0.640. The van der Waals surface area contributed by atoms with E-state index in [1.807, 2.05) is 6.92 Å². The average molecular weight is 311 g/mol. The lowest BCUT2D eigenvalue weighted by molar-refractivity contribution is 0.0911. The molecule has 18 heavy (non-hydrogen) atoms. The molecule has 0 radical (unpaired) electrons. The number of aromatic hydroxyl groups is 1. The highest BCUT2D eigenvalue weighted by Crippen LogP contribution is 2.23. The molecule has 0 heterocycles. The van der Waals surface area contributed by atoms with Crippen molar-refractivity contribution >= 4 is 40.7 Å². The van der Waals surface area contributed by atoms with Crippen molar-refractivity contribution in [3.8, 4) is 5.75 Å². The number of hydrogen-bond donors (Lipinski definition) is 2. The molecule has 0 aliphatic rings. The standard InChI is InChI=1S/C12H14Cl3NO2/c1-2-12(6-13,7-14)16-11(18)9-5-8(15)3-4-10(9)17/h3-5,17H,2,6-7H2,1H3,(H,16,18). The Morgan fingerprint density at radius 3 is 2.50 bits per heavy atom. The van der Waals surface area contributed by atoms with Crippen molar-refractivity contribution in [3.05, 3.63) is 28.8 Å². The smallest absolute Gasteiger partial charge is 0.255 e. The summed E-state index contributed by atoms with van der Waals surface area (Å²) in [7, 11) is 0. The topological polar surface area (TPSA) is 49.3 Å². The van der Waals surface area contributed by atoms with Gasteiger partial charge in [-0.25, -0.2) is 0 Å². The van der Waals surface area contributed by atoms with E-state index in [1.165, 1.54) is 18.2 Å². The molecule has 0 spiro atoms. The number of alkyl halides is 2. The van der Waals surface area contributed by atoms with Crippen LogP contribution in [0.5, 0.6) is 5.75 Å². The first-order valence-corrected chi connectivity index (χ1v) is 6.85. The van der Waals surface area contributed by atoms with E-state index in [1.54, 1.807) is 0 Å². The Labute approximate surface area is 121 Å². The molecule has 2 N–H and O–H groups in total. The highest BCUT2D eigenvalue weighted by molar-refractivity contribution is 6.31. The third-order valence-corrected chi connectivity index (χ3v) is 4.03. The zero-order valence-electron chi connectivity index (χ0n) is 9.84. The summed E-state index contributed by atoms with van der Waals surface area (Å²) in [5.41, 5.74) is -0.579. The van der Waals surface area contributed by atoms with E-state index >= 15 is 0 Å².